The number of aromatic nitrogens is 1. The Labute approximate surface area is 93.9 Å². The average Bonchev–Trinajstić information content (AvgIpc) is 2.57. The van der Waals surface area contributed by atoms with Crippen LogP contribution in [0.15, 0.2) is 35.1 Å². The minimum absolute atomic E-state index is 0.475. The number of nitro groups is 1. The van der Waals surface area contributed by atoms with E-state index >= 15 is 0 Å². The third kappa shape index (κ3) is 2.07. The van der Waals surface area contributed by atoms with Gasteiger partial charge in [-0.2, -0.15) is 0 Å². The first kappa shape index (κ1) is 9.92. The molecule has 2 rings (SSSR count). The van der Waals surface area contributed by atoms with Crippen molar-refractivity contribution in [2.24, 2.45) is 0 Å². The summed E-state index contributed by atoms with van der Waals surface area (Å²) in [5.74, 6) is 0. The molecule has 0 spiro atoms. The van der Waals surface area contributed by atoms with E-state index in [0.29, 0.717) is 0 Å². The molecule has 0 amide bonds. The fraction of sp³-hybridized carbons (Fsp3) is 0. The highest BCUT2D eigenvalue weighted by Gasteiger charge is 2.01. The van der Waals surface area contributed by atoms with E-state index in [-0.39, 0.29) is 0 Å². The van der Waals surface area contributed by atoms with Gasteiger partial charge in [-0.3, -0.25) is 10.1 Å². The Morgan fingerprint density at radius 3 is 3.00 bits per heavy atom. The summed E-state index contributed by atoms with van der Waals surface area (Å²) in [5, 5.41) is 11.2. The van der Waals surface area contributed by atoms with Gasteiger partial charge in [-0.1, -0.05) is 22.0 Å². The summed E-state index contributed by atoms with van der Waals surface area (Å²) in [7, 11) is 0. The molecule has 4 nitrogen and oxygen atoms in total. The Bertz CT molecular complexity index is 545. The molecule has 0 bridgehead atoms. The van der Waals surface area contributed by atoms with E-state index in [0.717, 1.165) is 27.1 Å². The van der Waals surface area contributed by atoms with Crippen LogP contribution >= 0.6 is 15.9 Å². The first-order valence-corrected chi connectivity index (χ1v) is 5.04. The largest absolute Gasteiger partial charge is 0.361 e. The van der Waals surface area contributed by atoms with Crippen molar-refractivity contribution in [2.45, 2.75) is 0 Å². The molecule has 0 atom stereocenters. The second-order valence-corrected chi connectivity index (χ2v) is 3.95. The third-order valence-corrected chi connectivity index (χ3v) is 2.54. The molecule has 0 saturated heterocycles. The molecule has 0 radical (unpaired) electrons. The lowest BCUT2D eigenvalue weighted by molar-refractivity contribution is -0.400. The minimum atomic E-state index is -0.475. The van der Waals surface area contributed by atoms with Gasteiger partial charge >= 0.3 is 0 Å². The number of rotatable bonds is 2. The van der Waals surface area contributed by atoms with Crippen molar-refractivity contribution >= 4 is 32.9 Å². The topological polar surface area (TPSA) is 58.9 Å². The van der Waals surface area contributed by atoms with Crippen molar-refractivity contribution in [3.05, 3.63) is 50.7 Å². The normalized spacial score (nSPS) is 11.3. The van der Waals surface area contributed by atoms with E-state index < -0.39 is 4.92 Å². The summed E-state index contributed by atoms with van der Waals surface area (Å²) >= 11 is 3.36. The van der Waals surface area contributed by atoms with Gasteiger partial charge in [0.05, 0.1) is 4.92 Å². The highest BCUT2D eigenvalue weighted by molar-refractivity contribution is 9.10. The van der Waals surface area contributed by atoms with Crippen molar-refractivity contribution in [3.8, 4) is 0 Å². The number of hydrogen-bond donors (Lipinski definition) is 1. The Balaban J connectivity index is 2.50. The zero-order valence-corrected chi connectivity index (χ0v) is 9.19. The van der Waals surface area contributed by atoms with Gasteiger partial charge in [0.15, 0.2) is 0 Å². The first-order chi connectivity index (χ1) is 7.16. The van der Waals surface area contributed by atoms with Crippen LogP contribution in [0.25, 0.3) is 17.0 Å². The minimum Gasteiger partial charge on any atom is -0.361 e. The zero-order valence-electron chi connectivity index (χ0n) is 7.61. The molecule has 5 heteroatoms. The molecule has 1 heterocycles. The summed E-state index contributed by atoms with van der Waals surface area (Å²) in [6.07, 6.45) is 4.16. The quantitative estimate of drug-likeness (QED) is 0.671. The predicted molar refractivity (Wildman–Crippen MR) is 62.0 cm³/mol. The van der Waals surface area contributed by atoms with Gasteiger partial charge in [-0.05, 0) is 12.1 Å². The maximum absolute atomic E-state index is 10.2. The lowest BCUT2D eigenvalue weighted by Gasteiger charge is -1.92. The Kier molecular flexibility index (Phi) is 2.55. The van der Waals surface area contributed by atoms with E-state index in [2.05, 4.69) is 20.9 Å². The zero-order chi connectivity index (χ0) is 10.8. The smallest absolute Gasteiger partial charge is 0.235 e. The molecule has 0 unspecified atom stereocenters. The number of H-pyrrole nitrogens is 1. The maximum atomic E-state index is 10.2. The van der Waals surface area contributed by atoms with Gasteiger partial charge in [0.1, 0.15) is 0 Å². The van der Waals surface area contributed by atoms with Crippen LogP contribution in [0.1, 0.15) is 5.56 Å². The number of benzene rings is 1. The van der Waals surface area contributed by atoms with Crippen LogP contribution < -0.4 is 0 Å². The predicted octanol–water partition coefficient (Wildman–Crippen LogP) is 3.18. The highest BCUT2D eigenvalue weighted by Crippen LogP contribution is 2.23. The number of hydrogen-bond acceptors (Lipinski definition) is 2. The molecular weight excluding hydrogens is 260 g/mol. The molecule has 2 aromatic rings. The second kappa shape index (κ2) is 3.86. The molecular formula is C10H7BrN2O2. The summed E-state index contributed by atoms with van der Waals surface area (Å²) < 4.78 is 0.974. The number of aromatic amines is 1. The third-order valence-electron chi connectivity index (χ3n) is 2.05. The van der Waals surface area contributed by atoms with Gasteiger partial charge in [0.2, 0.25) is 6.20 Å². The van der Waals surface area contributed by atoms with Crippen LogP contribution in [0.4, 0.5) is 0 Å². The van der Waals surface area contributed by atoms with Crippen LogP contribution in [0.2, 0.25) is 0 Å². The van der Waals surface area contributed by atoms with E-state index in [9.17, 15) is 10.1 Å². The van der Waals surface area contributed by atoms with Crippen molar-refractivity contribution in [1.82, 2.24) is 4.98 Å². The van der Waals surface area contributed by atoms with Crippen molar-refractivity contribution in [1.29, 1.82) is 0 Å². The number of fused-ring (bicyclic) bond motifs is 1. The van der Waals surface area contributed by atoms with Gasteiger partial charge < -0.3 is 4.98 Å². The molecule has 0 aliphatic carbocycles. The molecule has 1 aromatic heterocycles. The number of nitrogens with zero attached hydrogens (tertiary/aromatic N) is 1. The van der Waals surface area contributed by atoms with Crippen molar-refractivity contribution < 1.29 is 4.92 Å². The van der Waals surface area contributed by atoms with Gasteiger partial charge in [-0.15, -0.1) is 0 Å². The molecule has 1 N–H and O–H groups in total. The molecule has 0 fully saturated rings. The van der Waals surface area contributed by atoms with E-state index in [1.165, 1.54) is 6.08 Å². The van der Waals surface area contributed by atoms with Gasteiger partial charge in [0.25, 0.3) is 0 Å². The van der Waals surface area contributed by atoms with E-state index in [1.807, 2.05) is 18.2 Å². The van der Waals surface area contributed by atoms with Crippen LogP contribution in [0, 0.1) is 10.1 Å². The summed E-state index contributed by atoms with van der Waals surface area (Å²) in [6.45, 7) is 0. The molecule has 76 valence electrons. The number of halogens is 1. The molecule has 0 aliphatic rings. The second-order valence-electron chi connectivity index (χ2n) is 3.04. The average molecular weight is 267 g/mol. The Hall–Kier alpha value is -1.62. The SMILES string of the molecule is O=[N+]([O-])/C=C/c1c[nH]c2cc(Br)ccc12. The van der Waals surface area contributed by atoms with Crippen LogP contribution in [0.5, 0.6) is 0 Å². The van der Waals surface area contributed by atoms with Crippen LogP contribution in [-0.2, 0) is 0 Å². The first-order valence-electron chi connectivity index (χ1n) is 4.25. The van der Waals surface area contributed by atoms with Crippen LogP contribution in [-0.4, -0.2) is 9.91 Å². The molecule has 15 heavy (non-hydrogen) atoms. The standard InChI is InChI=1S/C10H7BrN2O2/c11-8-1-2-9-7(3-4-13(14)15)6-12-10(9)5-8/h1-6,12H/b4-3+. The molecule has 1 aromatic carbocycles. The monoisotopic (exact) mass is 266 g/mol. The lowest BCUT2D eigenvalue weighted by Crippen LogP contribution is -1.81. The van der Waals surface area contributed by atoms with Crippen molar-refractivity contribution in [2.75, 3.05) is 0 Å². The fourth-order valence-electron chi connectivity index (χ4n) is 1.40. The molecule has 0 saturated carbocycles. The highest BCUT2D eigenvalue weighted by atomic mass is 79.9. The van der Waals surface area contributed by atoms with E-state index in [1.54, 1.807) is 6.20 Å². The fourth-order valence-corrected chi connectivity index (χ4v) is 1.76. The summed E-state index contributed by atoms with van der Waals surface area (Å²) in [6, 6.07) is 5.74. The van der Waals surface area contributed by atoms with E-state index in [4.69, 9.17) is 0 Å². The van der Waals surface area contributed by atoms with Gasteiger partial charge in [0, 0.05) is 33.2 Å². The Morgan fingerprint density at radius 2 is 2.27 bits per heavy atom. The van der Waals surface area contributed by atoms with Crippen LogP contribution in [0.3, 0.4) is 0 Å². The lowest BCUT2D eigenvalue weighted by atomic mass is 10.2. The van der Waals surface area contributed by atoms with Crippen molar-refractivity contribution in [3.63, 3.8) is 0 Å². The maximum Gasteiger partial charge on any atom is 0.235 e. The summed E-state index contributed by atoms with van der Waals surface area (Å²) in [4.78, 5) is 12.8. The number of nitrogens with one attached hydrogen (secondary N) is 1. The molecule has 0 aliphatic heterocycles. The Morgan fingerprint density at radius 1 is 1.47 bits per heavy atom. The summed E-state index contributed by atoms with van der Waals surface area (Å²) in [5.41, 5.74) is 1.77. The van der Waals surface area contributed by atoms with Gasteiger partial charge in [-0.25, -0.2) is 0 Å².